The molecule has 1 aliphatic heterocycles. The molecule has 2 N–H and O–H groups in total. The van der Waals surface area contributed by atoms with Crippen LogP contribution in [0.2, 0.25) is 0 Å². The highest BCUT2D eigenvalue weighted by molar-refractivity contribution is 5.38. The second-order valence-electron chi connectivity index (χ2n) is 6.58. The van der Waals surface area contributed by atoms with E-state index in [4.69, 9.17) is 4.74 Å². The van der Waals surface area contributed by atoms with Gasteiger partial charge in [-0.1, -0.05) is 6.07 Å². The lowest BCUT2D eigenvalue weighted by molar-refractivity contribution is 0.313. The maximum Gasteiger partial charge on any atom is 0.131 e. The summed E-state index contributed by atoms with van der Waals surface area (Å²) in [6.07, 6.45) is 4.82. The summed E-state index contributed by atoms with van der Waals surface area (Å²) in [5.74, 6) is 0.522. The third-order valence-corrected chi connectivity index (χ3v) is 5.03. The first-order chi connectivity index (χ1) is 11.2. The predicted octanol–water partition coefficient (Wildman–Crippen LogP) is 3.22. The first kappa shape index (κ1) is 14.7. The second kappa shape index (κ2) is 5.96. The van der Waals surface area contributed by atoms with Crippen LogP contribution in [0, 0.1) is 12.7 Å². The number of halogens is 1. The Bertz CT molecular complexity index is 712. The average molecular weight is 315 g/mol. The van der Waals surface area contributed by atoms with Gasteiger partial charge in [0, 0.05) is 23.3 Å². The number of fused-ring (bicyclic) bond motifs is 2. The molecule has 0 fully saturated rings. The van der Waals surface area contributed by atoms with E-state index >= 15 is 0 Å². The van der Waals surface area contributed by atoms with E-state index in [0.717, 1.165) is 37.8 Å². The van der Waals surface area contributed by atoms with Gasteiger partial charge in [-0.25, -0.2) is 4.39 Å². The highest BCUT2D eigenvalue weighted by atomic mass is 19.1. The summed E-state index contributed by atoms with van der Waals surface area (Å²) in [5, 5.41) is 11.1. The van der Waals surface area contributed by atoms with Crippen molar-refractivity contribution in [1.29, 1.82) is 0 Å². The standard InChI is InChI=1S/C18H22FN3O/c1-11-13-10-12(7-8-15(13)22-21-11)20-16-5-3-9-23-17-6-2-4-14(19)18(16)17/h2,4,6,12,16,20H,3,5,7-10H2,1H3,(H,21,22). The summed E-state index contributed by atoms with van der Waals surface area (Å²) >= 11 is 0. The zero-order valence-corrected chi connectivity index (χ0v) is 13.4. The monoisotopic (exact) mass is 315 g/mol. The van der Waals surface area contributed by atoms with Gasteiger partial charge in [-0.15, -0.1) is 0 Å². The summed E-state index contributed by atoms with van der Waals surface area (Å²) < 4.78 is 20.1. The number of hydrogen-bond acceptors (Lipinski definition) is 3. The molecule has 5 heteroatoms. The van der Waals surface area contributed by atoms with Crippen LogP contribution in [0.25, 0.3) is 0 Å². The van der Waals surface area contributed by atoms with E-state index in [1.54, 1.807) is 6.07 Å². The van der Waals surface area contributed by atoms with Gasteiger partial charge in [0.1, 0.15) is 11.6 Å². The molecule has 2 atom stereocenters. The molecule has 4 rings (SSSR count). The third-order valence-electron chi connectivity index (χ3n) is 5.03. The molecule has 0 saturated heterocycles. The lowest BCUT2D eigenvalue weighted by Crippen LogP contribution is -2.37. The molecule has 1 aromatic carbocycles. The van der Waals surface area contributed by atoms with E-state index in [1.165, 1.54) is 17.3 Å². The Morgan fingerprint density at radius 3 is 3.17 bits per heavy atom. The number of ether oxygens (including phenoxy) is 1. The lowest BCUT2D eigenvalue weighted by atomic mass is 9.90. The second-order valence-corrected chi connectivity index (χ2v) is 6.58. The molecule has 4 nitrogen and oxygen atoms in total. The van der Waals surface area contributed by atoms with Crippen LogP contribution in [0.15, 0.2) is 18.2 Å². The smallest absolute Gasteiger partial charge is 0.131 e. The fourth-order valence-corrected chi connectivity index (χ4v) is 3.83. The minimum atomic E-state index is -0.169. The molecule has 0 bridgehead atoms. The Balaban J connectivity index is 1.57. The van der Waals surface area contributed by atoms with Crippen molar-refractivity contribution in [1.82, 2.24) is 15.5 Å². The van der Waals surface area contributed by atoms with Crippen LogP contribution in [-0.4, -0.2) is 22.8 Å². The number of aromatic nitrogens is 2. The van der Waals surface area contributed by atoms with Crippen molar-refractivity contribution in [2.45, 2.75) is 51.1 Å². The third kappa shape index (κ3) is 2.74. The van der Waals surface area contributed by atoms with E-state index in [1.807, 2.05) is 6.07 Å². The number of rotatable bonds is 2. The maximum absolute atomic E-state index is 14.4. The largest absolute Gasteiger partial charge is 0.493 e. The maximum atomic E-state index is 14.4. The highest BCUT2D eigenvalue weighted by Crippen LogP contribution is 2.35. The molecule has 122 valence electrons. The van der Waals surface area contributed by atoms with Crippen molar-refractivity contribution in [3.63, 3.8) is 0 Å². The van der Waals surface area contributed by atoms with Crippen LogP contribution in [-0.2, 0) is 12.8 Å². The first-order valence-electron chi connectivity index (χ1n) is 8.42. The molecule has 0 spiro atoms. The number of benzene rings is 1. The van der Waals surface area contributed by atoms with Crippen LogP contribution < -0.4 is 10.1 Å². The normalized spacial score (nSPS) is 23.6. The molecule has 2 aromatic rings. The highest BCUT2D eigenvalue weighted by Gasteiger charge is 2.28. The summed E-state index contributed by atoms with van der Waals surface area (Å²) in [7, 11) is 0. The number of aromatic amines is 1. The van der Waals surface area contributed by atoms with Crippen LogP contribution >= 0.6 is 0 Å². The molecule has 23 heavy (non-hydrogen) atoms. The molecule has 2 heterocycles. The summed E-state index contributed by atoms with van der Waals surface area (Å²) in [6, 6.07) is 5.50. The van der Waals surface area contributed by atoms with Gasteiger partial charge in [0.25, 0.3) is 0 Å². The average Bonchev–Trinajstić information content (AvgIpc) is 2.78. The number of hydrogen-bond donors (Lipinski definition) is 2. The predicted molar refractivity (Wildman–Crippen MR) is 86.1 cm³/mol. The van der Waals surface area contributed by atoms with E-state index < -0.39 is 0 Å². The quantitative estimate of drug-likeness (QED) is 0.894. The van der Waals surface area contributed by atoms with Crippen molar-refractivity contribution >= 4 is 0 Å². The van der Waals surface area contributed by atoms with Crippen LogP contribution in [0.1, 0.15) is 47.8 Å². The Morgan fingerprint density at radius 1 is 1.35 bits per heavy atom. The van der Waals surface area contributed by atoms with Crippen molar-refractivity contribution in [2.24, 2.45) is 0 Å². The first-order valence-corrected chi connectivity index (χ1v) is 8.42. The van der Waals surface area contributed by atoms with E-state index in [2.05, 4.69) is 22.4 Å². The van der Waals surface area contributed by atoms with Crippen molar-refractivity contribution in [3.8, 4) is 5.75 Å². The Morgan fingerprint density at radius 2 is 2.26 bits per heavy atom. The lowest BCUT2D eigenvalue weighted by Gasteiger charge is -2.28. The van der Waals surface area contributed by atoms with Gasteiger partial charge in [0.2, 0.25) is 0 Å². The number of nitrogens with one attached hydrogen (secondary N) is 2. The van der Waals surface area contributed by atoms with Gasteiger partial charge >= 0.3 is 0 Å². The van der Waals surface area contributed by atoms with Crippen LogP contribution in [0.3, 0.4) is 0 Å². The zero-order chi connectivity index (χ0) is 15.8. The summed E-state index contributed by atoms with van der Waals surface area (Å²) in [5.41, 5.74) is 4.37. The van der Waals surface area contributed by atoms with Gasteiger partial charge < -0.3 is 10.1 Å². The molecule has 2 unspecified atom stereocenters. The zero-order valence-electron chi connectivity index (χ0n) is 13.4. The van der Waals surface area contributed by atoms with E-state index in [9.17, 15) is 4.39 Å². The van der Waals surface area contributed by atoms with Crippen molar-refractivity contribution in [2.75, 3.05) is 6.61 Å². The number of aryl methyl sites for hydroxylation is 2. The fraction of sp³-hybridized carbons (Fsp3) is 0.500. The van der Waals surface area contributed by atoms with Crippen LogP contribution in [0.4, 0.5) is 4.39 Å². The van der Waals surface area contributed by atoms with Crippen molar-refractivity contribution in [3.05, 3.63) is 46.5 Å². The van der Waals surface area contributed by atoms with Gasteiger partial charge in [-0.3, -0.25) is 5.10 Å². The molecule has 0 saturated carbocycles. The van der Waals surface area contributed by atoms with Gasteiger partial charge in [-0.2, -0.15) is 5.10 Å². The minimum Gasteiger partial charge on any atom is -0.493 e. The SMILES string of the molecule is Cc1[nH]nc2c1CC(NC1CCCOc3cccc(F)c31)CC2. The van der Waals surface area contributed by atoms with Gasteiger partial charge in [-0.05, 0) is 56.7 Å². The van der Waals surface area contributed by atoms with Gasteiger partial charge in [0.05, 0.1) is 12.3 Å². The Labute approximate surface area is 135 Å². The molecule has 0 radical (unpaired) electrons. The molecule has 1 aliphatic carbocycles. The molecular formula is C18H22FN3O. The Hall–Kier alpha value is -1.88. The number of H-pyrrole nitrogens is 1. The van der Waals surface area contributed by atoms with E-state index in [-0.39, 0.29) is 11.9 Å². The molecular weight excluding hydrogens is 293 g/mol. The summed E-state index contributed by atoms with van der Waals surface area (Å²) in [6.45, 7) is 2.73. The minimum absolute atomic E-state index is 0.0208. The van der Waals surface area contributed by atoms with Crippen molar-refractivity contribution < 1.29 is 9.13 Å². The molecule has 1 aromatic heterocycles. The molecule has 2 aliphatic rings. The fourth-order valence-electron chi connectivity index (χ4n) is 3.83. The van der Waals surface area contributed by atoms with Gasteiger partial charge in [0.15, 0.2) is 0 Å². The van der Waals surface area contributed by atoms with Crippen LogP contribution in [0.5, 0.6) is 5.75 Å². The van der Waals surface area contributed by atoms with E-state index in [0.29, 0.717) is 24.0 Å². The molecule has 0 amide bonds. The topological polar surface area (TPSA) is 49.9 Å². The number of nitrogens with zero attached hydrogens (tertiary/aromatic N) is 1. The summed E-state index contributed by atoms with van der Waals surface area (Å²) in [4.78, 5) is 0. The Kier molecular flexibility index (Phi) is 3.81.